The fourth-order valence-electron chi connectivity index (χ4n) is 1.69. The summed E-state index contributed by atoms with van der Waals surface area (Å²) in [5.41, 5.74) is 10.3. The highest BCUT2D eigenvalue weighted by Gasteiger charge is 2.03. The number of hydrogen-bond acceptors (Lipinski definition) is 1. The van der Waals surface area contributed by atoms with Gasteiger partial charge >= 0.3 is 0 Å². The lowest BCUT2D eigenvalue weighted by atomic mass is 9.99. The number of anilines is 1. The van der Waals surface area contributed by atoms with Crippen LogP contribution in [0.2, 0.25) is 0 Å². The van der Waals surface area contributed by atoms with Gasteiger partial charge in [-0.3, -0.25) is 0 Å². The molecule has 0 aromatic heterocycles. The van der Waals surface area contributed by atoms with E-state index in [0.29, 0.717) is 0 Å². The Bertz CT molecular complexity index is 417. The second-order valence-corrected chi connectivity index (χ2v) is 3.41. The number of aryl methyl sites for hydroxylation is 1. The minimum Gasteiger partial charge on any atom is -0.398 e. The fraction of sp³-hybridized carbons (Fsp3) is 0.0769. The van der Waals surface area contributed by atoms with E-state index in [2.05, 4.69) is 25.1 Å². The zero-order chi connectivity index (χ0) is 9.97. The van der Waals surface area contributed by atoms with Gasteiger partial charge in [-0.05, 0) is 24.1 Å². The Balaban J connectivity index is 0.00000112. The molecular weight excluding hydrogens is 206 g/mol. The molecule has 0 saturated heterocycles. The average molecular weight is 220 g/mol. The van der Waals surface area contributed by atoms with Gasteiger partial charge in [0.2, 0.25) is 0 Å². The van der Waals surface area contributed by atoms with Crippen molar-refractivity contribution in [3.05, 3.63) is 54.1 Å². The molecule has 0 saturated carbocycles. The Morgan fingerprint density at radius 1 is 0.867 bits per heavy atom. The molecule has 15 heavy (non-hydrogen) atoms. The maximum Gasteiger partial charge on any atom is 0.0396 e. The normalized spacial score (nSPS) is 9.40. The van der Waals surface area contributed by atoms with E-state index in [1.165, 1.54) is 11.1 Å². The van der Waals surface area contributed by atoms with Crippen molar-refractivity contribution in [3.8, 4) is 11.1 Å². The summed E-state index contributed by atoms with van der Waals surface area (Å²) in [5, 5.41) is 0. The quantitative estimate of drug-likeness (QED) is 0.728. The van der Waals surface area contributed by atoms with Gasteiger partial charge in [-0.25, -0.2) is 0 Å². The zero-order valence-corrected chi connectivity index (χ0v) is 9.42. The third-order valence-corrected chi connectivity index (χ3v) is 2.37. The standard InChI is InChI=1S/C13H13N.ClH/c1-10-6-5-9-12(14)13(10)11-7-3-2-4-8-11;/h2-9H,14H2,1H3;1H. The molecule has 78 valence electrons. The first kappa shape index (κ1) is 11.6. The molecule has 0 atom stereocenters. The van der Waals surface area contributed by atoms with E-state index in [-0.39, 0.29) is 12.4 Å². The molecule has 0 spiro atoms. The van der Waals surface area contributed by atoms with Crippen LogP contribution in [0.15, 0.2) is 48.5 Å². The summed E-state index contributed by atoms with van der Waals surface area (Å²) in [6, 6.07) is 16.2. The van der Waals surface area contributed by atoms with Gasteiger partial charge in [0.25, 0.3) is 0 Å². The molecule has 0 bridgehead atoms. The molecule has 0 heterocycles. The van der Waals surface area contributed by atoms with Crippen LogP contribution in [0.4, 0.5) is 5.69 Å². The molecule has 2 aromatic rings. The lowest BCUT2D eigenvalue weighted by Gasteiger charge is -2.08. The first-order chi connectivity index (χ1) is 6.79. The van der Waals surface area contributed by atoms with Crippen LogP contribution < -0.4 is 5.73 Å². The predicted molar refractivity (Wildman–Crippen MR) is 68.3 cm³/mol. The van der Waals surface area contributed by atoms with Crippen molar-refractivity contribution >= 4 is 18.1 Å². The summed E-state index contributed by atoms with van der Waals surface area (Å²) < 4.78 is 0. The zero-order valence-electron chi connectivity index (χ0n) is 8.60. The predicted octanol–water partition coefficient (Wildman–Crippen LogP) is 3.67. The number of hydrogen-bond donors (Lipinski definition) is 1. The largest absolute Gasteiger partial charge is 0.398 e. The van der Waals surface area contributed by atoms with Gasteiger partial charge < -0.3 is 5.73 Å². The first-order valence-electron chi connectivity index (χ1n) is 4.69. The van der Waals surface area contributed by atoms with E-state index >= 15 is 0 Å². The molecule has 0 amide bonds. The molecular formula is C13H14ClN. The van der Waals surface area contributed by atoms with Crippen molar-refractivity contribution < 1.29 is 0 Å². The van der Waals surface area contributed by atoms with Crippen LogP contribution >= 0.6 is 12.4 Å². The van der Waals surface area contributed by atoms with Gasteiger partial charge in [-0.15, -0.1) is 12.4 Å². The molecule has 2 aromatic carbocycles. The van der Waals surface area contributed by atoms with E-state index in [1.54, 1.807) is 0 Å². The smallest absolute Gasteiger partial charge is 0.0396 e. The van der Waals surface area contributed by atoms with Gasteiger partial charge in [0.15, 0.2) is 0 Å². The van der Waals surface area contributed by atoms with Crippen molar-refractivity contribution in [2.45, 2.75) is 6.92 Å². The highest BCUT2D eigenvalue weighted by atomic mass is 35.5. The number of rotatable bonds is 1. The Morgan fingerprint density at radius 3 is 2.13 bits per heavy atom. The minimum atomic E-state index is 0. The van der Waals surface area contributed by atoms with Gasteiger partial charge in [0, 0.05) is 11.3 Å². The minimum absolute atomic E-state index is 0. The third kappa shape index (κ3) is 2.31. The van der Waals surface area contributed by atoms with Gasteiger partial charge in [-0.2, -0.15) is 0 Å². The molecule has 0 aliphatic carbocycles. The van der Waals surface area contributed by atoms with Crippen molar-refractivity contribution in [2.75, 3.05) is 5.73 Å². The Kier molecular flexibility index (Phi) is 3.75. The van der Waals surface area contributed by atoms with E-state index in [9.17, 15) is 0 Å². The van der Waals surface area contributed by atoms with Crippen LogP contribution in [0.3, 0.4) is 0 Å². The number of benzene rings is 2. The molecule has 0 aliphatic rings. The van der Waals surface area contributed by atoms with Crippen molar-refractivity contribution in [2.24, 2.45) is 0 Å². The maximum atomic E-state index is 5.95. The molecule has 0 unspecified atom stereocenters. The number of nitrogen functional groups attached to an aromatic ring is 1. The van der Waals surface area contributed by atoms with E-state index < -0.39 is 0 Å². The van der Waals surface area contributed by atoms with E-state index in [1.807, 2.05) is 30.3 Å². The molecule has 2 N–H and O–H groups in total. The fourth-order valence-corrected chi connectivity index (χ4v) is 1.69. The second-order valence-electron chi connectivity index (χ2n) is 3.41. The summed E-state index contributed by atoms with van der Waals surface area (Å²) in [7, 11) is 0. The molecule has 2 rings (SSSR count). The average Bonchev–Trinajstić information content (AvgIpc) is 2.19. The molecule has 0 radical (unpaired) electrons. The summed E-state index contributed by atoms with van der Waals surface area (Å²) in [6.45, 7) is 2.08. The summed E-state index contributed by atoms with van der Waals surface area (Å²) in [6.07, 6.45) is 0. The molecule has 2 heteroatoms. The molecule has 0 fully saturated rings. The first-order valence-corrected chi connectivity index (χ1v) is 4.69. The van der Waals surface area contributed by atoms with E-state index in [0.717, 1.165) is 11.3 Å². The van der Waals surface area contributed by atoms with Crippen molar-refractivity contribution in [3.63, 3.8) is 0 Å². The monoisotopic (exact) mass is 219 g/mol. The summed E-state index contributed by atoms with van der Waals surface area (Å²) in [5.74, 6) is 0. The van der Waals surface area contributed by atoms with Crippen molar-refractivity contribution in [1.82, 2.24) is 0 Å². The van der Waals surface area contributed by atoms with E-state index in [4.69, 9.17) is 5.73 Å². The lowest BCUT2D eigenvalue weighted by Crippen LogP contribution is -1.92. The van der Waals surface area contributed by atoms with Crippen LogP contribution in [-0.2, 0) is 0 Å². The third-order valence-electron chi connectivity index (χ3n) is 2.37. The highest BCUT2D eigenvalue weighted by molar-refractivity contribution is 5.85. The Morgan fingerprint density at radius 2 is 1.53 bits per heavy atom. The lowest BCUT2D eigenvalue weighted by molar-refractivity contribution is 1.46. The Hall–Kier alpha value is -1.47. The maximum absolute atomic E-state index is 5.95. The van der Waals surface area contributed by atoms with Crippen LogP contribution in [-0.4, -0.2) is 0 Å². The van der Waals surface area contributed by atoms with Crippen LogP contribution in [0.5, 0.6) is 0 Å². The molecule has 0 aliphatic heterocycles. The van der Waals surface area contributed by atoms with Crippen LogP contribution in [0, 0.1) is 6.92 Å². The highest BCUT2D eigenvalue weighted by Crippen LogP contribution is 2.28. The van der Waals surface area contributed by atoms with Gasteiger partial charge in [-0.1, -0.05) is 42.5 Å². The SMILES string of the molecule is Cc1cccc(N)c1-c1ccccc1.Cl. The number of nitrogens with two attached hydrogens (primary N) is 1. The summed E-state index contributed by atoms with van der Waals surface area (Å²) >= 11 is 0. The van der Waals surface area contributed by atoms with Crippen molar-refractivity contribution in [1.29, 1.82) is 0 Å². The second kappa shape index (κ2) is 4.85. The Labute approximate surface area is 96.3 Å². The van der Waals surface area contributed by atoms with Crippen LogP contribution in [0.25, 0.3) is 11.1 Å². The molecule has 1 nitrogen and oxygen atoms in total. The van der Waals surface area contributed by atoms with Gasteiger partial charge in [0.1, 0.15) is 0 Å². The van der Waals surface area contributed by atoms with Gasteiger partial charge in [0.05, 0.1) is 0 Å². The summed E-state index contributed by atoms with van der Waals surface area (Å²) in [4.78, 5) is 0. The number of halogens is 1. The van der Waals surface area contributed by atoms with Crippen LogP contribution in [0.1, 0.15) is 5.56 Å². The topological polar surface area (TPSA) is 26.0 Å².